The molecule has 0 aromatic carbocycles. The molecule has 3 unspecified atom stereocenters. The first-order chi connectivity index (χ1) is 13.3. The molecule has 3 atom stereocenters. The maximum absolute atomic E-state index is 12.5. The Kier molecular flexibility index (Phi) is 14.6. The van der Waals surface area contributed by atoms with Gasteiger partial charge in [-0.2, -0.15) is 24.4 Å². The molecule has 0 aliphatic heterocycles. The molecule has 0 saturated heterocycles. The summed E-state index contributed by atoms with van der Waals surface area (Å²) in [5, 5.41) is 16.0. The summed E-state index contributed by atoms with van der Waals surface area (Å²) in [6.07, 6.45) is 3.87. The molecule has 3 amide bonds. The first kappa shape index (κ1) is 26.5. The Morgan fingerprint density at radius 3 is 2.21 bits per heavy atom. The fraction of sp³-hybridized carbons (Fsp3) is 0.750. The minimum atomic E-state index is -1.19. The third kappa shape index (κ3) is 11.4. The molecule has 0 radical (unpaired) electrons. The lowest BCUT2D eigenvalue weighted by molar-refractivity contribution is -0.138. The third-order valence-electron chi connectivity index (χ3n) is 3.78. The smallest absolute Gasteiger partial charge is 0.322 e. The standard InChI is InChI=1S/C16H31N5O5S2/c1-28-7-5-10(18)14(24)21-12(9-27)16(26)20-11(4-2-3-6-17)15(25)19-8-13(22)23/h10-12,27H,2-9,17-18H2,1H3,(H,19,25)(H,20,26)(H,21,24)(H,22,23). The molecule has 0 aliphatic rings. The van der Waals surface area contributed by atoms with Gasteiger partial charge in [-0.3, -0.25) is 19.2 Å². The topological polar surface area (TPSA) is 177 Å². The van der Waals surface area contributed by atoms with Crippen LogP contribution < -0.4 is 27.4 Å². The van der Waals surface area contributed by atoms with E-state index in [-0.39, 0.29) is 12.2 Å². The summed E-state index contributed by atoms with van der Waals surface area (Å²) in [5.74, 6) is -2.16. The molecule has 0 aromatic heterocycles. The number of carbonyl (C=O) groups excluding carboxylic acids is 3. The van der Waals surface area contributed by atoms with Crippen molar-refractivity contribution in [2.45, 2.75) is 43.8 Å². The normalized spacial score (nSPS) is 13.9. The highest BCUT2D eigenvalue weighted by atomic mass is 32.2. The van der Waals surface area contributed by atoms with Crippen molar-refractivity contribution >= 4 is 48.1 Å². The zero-order chi connectivity index (χ0) is 21.5. The number of aliphatic carboxylic acids is 1. The molecular weight excluding hydrogens is 406 g/mol. The summed E-state index contributed by atoms with van der Waals surface area (Å²) in [6, 6.07) is -2.66. The number of hydrogen-bond acceptors (Lipinski definition) is 8. The summed E-state index contributed by atoms with van der Waals surface area (Å²) in [4.78, 5) is 47.4. The van der Waals surface area contributed by atoms with Crippen molar-refractivity contribution in [1.29, 1.82) is 0 Å². The SMILES string of the molecule is CSCCC(N)C(=O)NC(CS)C(=O)NC(CCCCN)C(=O)NCC(=O)O. The predicted octanol–water partition coefficient (Wildman–Crippen LogP) is -1.70. The molecule has 28 heavy (non-hydrogen) atoms. The van der Waals surface area contributed by atoms with Gasteiger partial charge in [-0.05, 0) is 44.2 Å². The van der Waals surface area contributed by atoms with Gasteiger partial charge in [0.25, 0.3) is 0 Å². The number of carboxylic acids is 1. The van der Waals surface area contributed by atoms with E-state index in [2.05, 4.69) is 28.6 Å². The molecule has 0 fully saturated rings. The molecular formula is C16H31N5O5S2. The molecule has 0 heterocycles. The summed E-state index contributed by atoms with van der Waals surface area (Å²) >= 11 is 5.64. The molecule has 0 saturated carbocycles. The number of thiol groups is 1. The molecule has 12 heteroatoms. The number of nitrogens with two attached hydrogens (primary N) is 2. The van der Waals surface area contributed by atoms with E-state index in [1.165, 1.54) is 0 Å². The summed E-state index contributed by atoms with van der Waals surface area (Å²) in [7, 11) is 0. The van der Waals surface area contributed by atoms with Gasteiger partial charge in [-0.15, -0.1) is 0 Å². The number of nitrogens with one attached hydrogen (secondary N) is 3. The lowest BCUT2D eigenvalue weighted by Gasteiger charge is -2.23. The predicted molar refractivity (Wildman–Crippen MR) is 112 cm³/mol. The second-order valence-electron chi connectivity index (χ2n) is 6.09. The van der Waals surface area contributed by atoms with Crippen LogP contribution in [-0.2, 0) is 19.2 Å². The first-order valence-corrected chi connectivity index (χ1v) is 10.9. The molecule has 0 aromatic rings. The van der Waals surface area contributed by atoms with Crippen molar-refractivity contribution in [2.75, 3.05) is 30.9 Å². The van der Waals surface area contributed by atoms with E-state index in [1.54, 1.807) is 11.8 Å². The van der Waals surface area contributed by atoms with Crippen molar-refractivity contribution in [3.63, 3.8) is 0 Å². The van der Waals surface area contributed by atoms with E-state index in [4.69, 9.17) is 16.6 Å². The first-order valence-electron chi connectivity index (χ1n) is 8.92. The summed E-state index contributed by atoms with van der Waals surface area (Å²) in [5.41, 5.74) is 11.2. The lowest BCUT2D eigenvalue weighted by Crippen LogP contribution is -2.56. The van der Waals surface area contributed by atoms with Crippen molar-refractivity contribution in [3.05, 3.63) is 0 Å². The number of hydrogen-bond donors (Lipinski definition) is 7. The van der Waals surface area contributed by atoms with E-state index >= 15 is 0 Å². The van der Waals surface area contributed by atoms with Crippen molar-refractivity contribution in [2.24, 2.45) is 11.5 Å². The molecule has 0 rings (SSSR count). The number of thioether (sulfide) groups is 1. The monoisotopic (exact) mass is 437 g/mol. The maximum Gasteiger partial charge on any atom is 0.322 e. The second kappa shape index (κ2) is 15.4. The average Bonchev–Trinajstić information content (AvgIpc) is 2.67. The van der Waals surface area contributed by atoms with Gasteiger partial charge >= 0.3 is 5.97 Å². The van der Waals surface area contributed by atoms with Crippen LogP contribution in [0.1, 0.15) is 25.7 Å². The minimum Gasteiger partial charge on any atom is -0.480 e. The average molecular weight is 438 g/mol. The zero-order valence-corrected chi connectivity index (χ0v) is 17.7. The van der Waals surface area contributed by atoms with Gasteiger partial charge < -0.3 is 32.5 Å². The summed E-state index contributed by atoms with van der Waals surface area (Å²) < 4.78 is 0. The number of unbranched alkanes of at least 4 members (excludes halogenated alkanes) is 1. The Bertz CT molecular complexity index is 524. The van der Waals surface area contributed by atoms with E-state index in [0.29, 0.717) is 31.6 Å². The highest BCUT2D eigenvalue weighted by Crippen LogP contribution is 2.03. The van der Waals surface area contributed by atoms with Gasteiger partial charge in [0.15, 0.2) is 0 Å². The van der Waals surface area contributed by atoms with Crippen LogP contribution in [0.25, 0.3) is 0 Å². The number of amides is 3. The van der Waals surface area contributed by atoms with E-state index in [9.17, 15) is 19.2 Å². The third-order valence-corrected chi connectivity index (χ3v) is 4.79. The summed E-state index contributed by atoms with van der Waals surface area (Å²) in [6.45, 7) is -0.125. The van der Waals surface area contributed by atoms with Crippen LogP contribution in [0.2, 0.25) is 0 Å². The molecule has 0 spiro atoms. The second-order valence-corrected chi connectivity index (χ2v) is 7.44. The van der Waals surface area contributed by atoms with Crippen LogP contribution in [0.4, 0.5) is 0 Å². The zero-order valence-electron chi connectivity index (χ0n) is 16.0. The fourth-order valence-corrected chi connectivity index (χ4v) is 2.92. The van der Waals surface area contributed by atoms with E-state index in [0.717, 1.165) is 0 Å². The Labute approximate surface area is 174 Å². The Hall–Kier alpha value is -1.50. The van der Waals surface area contributed by atoms with Crippen LogP contribution in [0, 0.1) is 0 Å². The van der Waals surface area contributed by atoms with Crippen molar-refractivity contribution < 1.29 is 24.3 Å². The number of carboxylic acid groups (broad SMARTS) is 1. The van der Waals surface area contributed by atoms with Gasteiger partial charge in [0.2, 0.25) is 17.7 Å². The number of rotatable bonds is 15. The van der Waals surface area contributed by atoms with Crippen LogP contribution in [0.5, 0.6) is 0 Å². The fourth-order valence-electron chi connectivity index (χ4n) is 2.17. The van der Waals surface area contributed by atoms with Crippen LogP contribution in [0.3, 0.4) is 0 Å². The minimum absolute atomic E-state index is 0.0130. The van der Waals surface area contributed by atoms with Gasteiger partial charge in [0.1, 0.15) is 18.6 Å². The maximum atomic E-state index is 12.5. The van der Waals surface area contributed by atoms with E-state index in [1.807, 2.05) is 6.26 Å². The van der Waals surface area contributed by atoms with Crippen LogP contribution in [0.15, 0.2) is 0 Å². The number of carbonyl (C=O) groups is 4. The molecule has 0 aliphatic carbocycles. The largest absolute Gasteiger partial charge is 0.480 e. The molecule has 10 nitrogen and oxygen atoms in total. The molecule has 8 N–H and O–H groups in total. The van der Waals surface area contributed by atoms with Crippen LogP contribution >= 0.6 is 24.4 Å². The quantitative estimate of drug-likeness (QED) is 0.117. The lowest BCUT2D eigenvalue weighted by atomic mass is 10.1. The van der Waals surface area contributed by atoms with Gasteiger partial charge in [0.05, 0.1) is 6.04 Å². The molecule has 162 valence electrons. The van der Waals surface area contributed by atoms with Gasteiger partial charge in [0, 0.05) is 5.75 Å². The Balaban J connectivity index is 4.89. The highest BCUT2D eigenvalue weighted by Gasteiger charge is 2.27. The Morgan fingerprint density at radius 2 is 1.68 bits per heavy atom. The van der Waals surface area contributed by atoms with Gasteiger partial charge in [-0.25, -0.2) is 0 Å². The van der Waals surface area contributed by atoms with Gasteiger partial charge in [-0.1, -0.05) is 0 Å². The van der Waals surface area contributed by atoms with Crippen molar-refractivity contribution in [3.8, 4) is 0 Å². The van der Waals surface area contributed by atoms with Crippen molar-refractivity contribution in [1.82, 2.24) is 16.0 Å². The van der Waals surface area contributed by atoms with E-state index < -0.39 is 48.4 Å². The van der Waals surface area contributed by atoms with Crippen LogP contribution in [-0.4, -0.2) is 77.8 Å². The Morgan fingerprint density at radius 1 is 1.04 bits per heavy atom. The molecule has 0 bridgehead atoms. The highest BCUT2D eigenvalue weighted by molar-refractivity contribution is 7.98.